The van der Waals surface area contributed by atoms with Crippen LogP contribution < -0.4 is 9.64 Å². The monoisotopic (exact) mass is 425 g/mol. The maximum atomic E-state index is 6.08. The summed E-state index contributed by atoms with van der Waals surface area (Å²) < 4.78 is 6.08. The van der Waals surface area contributed by atoms with E-state index in [1.807, 2.05) is 12.3 Å². The van der Waals surface area contributed by atoms with Crippen LogP contribution in [0, 0.1) is 12.3 Å². The molecule has 2 saturated carbocycles. The third-order valence-electron chi connectivity index (χ3n) is 8.06. The van der Waals surface area contributed by atoms with Crippen molar-refractivity contribution in [2.75, 3.05) is 18.0 Å². The topological polar surface area (TPSA) is 38.2 Å². The lowest BCUT2D eigenvalue weighted by atomic mass is 9.60. The molecule has 1 spiro atoms. The second kappa shape index (κ2) is 7.61. The van der Waals surface area contributed by atoms with Gasteiger partial charge in [0.25, 0.3) is 0 Å². The van der Waals surface area contributed by atoms with Gasteiger partial charge in [0, 0.05) is 30.1 Å². The van der Waals surface area contributed by atoms with Gasteiger partial charge in [0.2, 0.25) is 5.95 Å². The number of hydrogen-bond donors (Lipinski definition) is 0. The van der Waals surface area contributed by atoms with Crippen molar-refractivity contribution in [3.8, 4) is 5.75 Å². The molecular weight excluding hydrogens is 394 g/mol. The quantitative estimate of drug-likeness (QED) is 0.498. The highest BCUT2D eigenvalue weighted by Crippen LogP contribution is 2.50. The fraction of sp³-hybridized carbons (Fsp3) is 0.429. The Balaban J connectivity index is 1.11. The molecule has 2 heterocycles. The summed E-state index contributed by atoms with van der Waals surface area (Å²) in [5.41, 5.74) is 5.83. The van der Waals surface area contributed by atoms with Crippen LogP contribution in [-0.4, -0.2) is 23.1 Å². The van der Waals surface area contributed by atoms with Crippen molar-refractivity contribution in [2.24, 2.45) is 5.41 Å². The maximum Gasteiger partial charge on any atom is 0.225 e. The van der Waals surface area contributed by atoms with Crippen molar-refractivity contribution in [1.82, 2.24) is 9.97 Å². The molecule has 4 heteroatoms. The fourth-order valence-electron chi connectivity index (χ4n) is 5.69. The highest BCUT2D eigenvalue weighted by Gasteiger charge is 2.48. The van der Waals surface area contributed by atoms with Crippen LogP contribution in [0.4, 0.5) is 5.95 Å². The number of ether oxygens (including phenoxy) is 1. The number of nitrogens with zero attached hydrogens (tertiary/aromatic N) is 3. The first kappa shape index (κ1) is 19.8. The summed E-state index contributed by atoms with van der Waals surface area (Å²) >= 11 is 0. The molecule has 2 aliphatic carbocycles. The lowest BCUT2D eigenvalue weighted by Crippen LogP contribution is -2.60. The minimum Gasteiger partial charge on any atom is -0.487 e. The van der Waals surface area contributed by atoms with E-state index in [0.717, 1.165) is 30.5 Å². The Kier molecular flexibility index (Phi) is 4.71. The summed E-state index contributed by atoms with van der Waals surface area (Å²) in [6.45, 7) is 4.85. The Bertz CT molecular complexity index is 1090. The van der Waals surface area contributed by atoms with E-state index in [9.17, 15) is 0 Å². The first-order chi connectivity index (χ1) is 15.6. The van der Waals surface area contributed by atoms with Crippen molar-refractivity contribution in [2.45, 2.75) is 57.5 Å². The average molecular weight is 426 g/mol. The van der Waals surface area contributed by atoms with E-state index in [-0.39, 0.29) is 5.41 Å². The van der Waals surface area contributed by atoms with Crippen LogP contribution in [0.5, 0.6) is 5.75 Å². The Hall–Kier alpha value is -2.88. The lowest BCUT2D eigenvalue weighted by Gasteiger charge is -2.55. The third kappa shape index (κ3) is 3.37. The van der Waals surface area contributed by atoms with Crippen molar-refractivity contribution >= 4 is 5.95 Å². The van der Waals surface area contributed by atoms with E-state index in [4.69, 9.17) is 9.72 Å². The highest BCUT2D eigenvalue weighted by atomic mass is 16.5. The second-order valence-electron chi connectivity index (χ2n) is 10.2. The van der Waals surface area contributed by atoms with Gasteiger partial charge >= 0.3 is 0 Å². The van der Waals surface area contributed by atoms with E-state index in [0.29, 0.717) is 12.0 Å². The van der Waals surface area contributed by atoms with Crippen LogP contribution >= 0.6 is 0 Å². The molecule has 0 amide bonds. The van der Waals surface area contributed by atoms with Gasteiger partial charge in [-0.05, 0) is 61.9 Å². The molecule has 164 valence electrons. The molecule has 6 rings (SSSR count). The summed E-state index contributed by atoms with van der Waals surface area (Å²) in [5, 5.41) is 0. The van der Waals surface area contributed by atoms with Crippen LogP contribution in [0.2, 0.25) is 0 Å². The zero-order valence-electron chi connectivity index (χ0n) is 18.9. The highest BCUT2D eigenvalue weighted by molar-refractivity contribution is 5.44. The van der Waals surface area contributed by atoms with Crippen molar-refractivity contribution in [3.05, 3.63) is 83.2 Å². The van der Waals surface area contributed by atoms with E-state index in [1.54, 1.807) is 0 Å². The average Bonchev–Trinajstić information content (AvgIpc) is 2.72. The van der Waals surface area contributed by atoms with Gasteiger partial charge in [-0.2, -0.15) is 0 Å². The molecule has 0 bridgehead atoms. The second-order valence-corrected chi connectivity index (χ2v) is 10.2. The van der Waals surface area contributed by atoms with E-state index in [2.05, 4.69) is 65.3 Å². The summed E-state index contributed by atoms with van der Waals surface area (Å²) in [5.74, 6) is 1.74. The van der Waals surface area contributed by atoms with Crippen molar-refractivity contribution in [3.63, 3.8) is 0 Å². The zero-order chi connectivity index (χ0) is 21.6. The van der Waals surface area contributed by atoms with Crippen LogP contribution in [0.25, 0.3) is 0 Å². The van der Waals surface area contributed by atoms with E-state index >= 15 is 0 Å². The molecule has 1 aliphatic heterocycles. The van der Waals surface area contributed by atoms with Crippen LogP contribution in [-0.2, 0) is 12.0 Å². The standard InChI is InChI=1S/C28H31N3O/c1-21-4-6-22(7-5-21)28(15-3-16-28)23-8-10-25(11-9-23)32-18-24-12-17-29-26(30-24)31-19-27(20-31)13-2-14-27/h4-12,17H,2-3,13-16,18-20H2,1H3. The molecule has 1 aromatic heterocycles. The van der Waals surface area contributed by atoms with E-state index < -0.39 is 0 Å². The van der Waals surface area contributed by atoms with Crippen LogP contribution in [0.15, 0.2) is 60.8 Å². The first-order valence-corrected chi connectivity index (χ1v) is 12.0. The Morgan fingerprint density at radius 3 is 2.09 bits per heavy atom. The molecule has 0 atom stereocenters. The van der Waals surface area contributed by atoms with Crippen molar-refractivity contribution < 1.29 is 4.74 Å². The summed E-state index contributed by atoms with van der Waals surface area (Å²) in [4.78, 5) is 11.5. The van der Waals surface area contributed by atoms with Gasteiger partial charge in [0.05, 0.1) is 5.69 Å². The van der Waals surface area contributed by atoms with Gasteiger partial charge in [-0.3, -0.25) is 0 Å². The largest absolute Gasteiger partial charge is 0.487 e. The van der Waals surface area contributed by atoms with Gasteiger partial charge in [0.15, 0.2) is 0 Å². The minimum atomic E-state index is 0.169. The molecule has 2 aromatic carbocycles. The van der Waals surface area contributed by atoms with Gasteiger partial charge in [-0.1, -0.05) is 54.8 Å². The van der Waals surface area contributed by atoms with E-state index in [1.165, 1.54) is 55.2 Å². The Labute approximate surface area is 190 Å². The molecular formula is C28H31N3O. The summed E-state index contributed by atoms with van der Waals surface area (Å²) in [6, 6.07) is 19.7. The molecule has 3 aromatic rings. The predicted octanol–water partition coefficient (Wildman–Crippen LogP) is 5.82. The molecule has 1 saturated heterocycles. The van der Waals surface area contributed by atoms with Gasteiger partial charge in [-0.15, -0.1) is 0 Å². The fourth-order valence-corrected chi connectivity index (χ4v) is 5.69. The molecule has 0 radical (unpaired) electrons. The van der Waals surface area contributed by atoms with Gasteiger partial charge in [-0.25, -0.2) is 9.97 Å². The molecule has 4 nitrogen and oxygen atoms in total. The molecule has 32 heavy (non-hydrogen) atoms. The minimum absolute atomic E-state index is 0.169. The number of aromatic nitrogens is 2. The maximum absolute atomic E-state index is 6.08. The summed E-state index contributed by atoms with van der Waals surface area (Å²) in [6.07, 6.45) is 9.71. The lowest BCUT2D eigenvalue weighted by molar-refractivity contribution is 0.0887. The Morgan fingerprint density at radius 2 is 1.50 bits per heavy atom. The SMILES string of the molecule is Cc1ccc(C2(c3ccc(OCc4ccnc(N5CC6(CCC6)C5)n4)cc3)CCC2)cc1. The first-order valence-electron chi connectivity index (χ1n) is 12.0. The third-order valence-corrected chi connectivity index (χ3v) is 8.06. The molecule has 3 fully saturated rings. The van der Waals surface area contributed by atoms with Crippen LogP contribution in [0.1, 0.15) is 60.9 Å². The van der Waals surface area contributed by atoms with Gasteiger partial charge in [0.1, 0.15) is 12.4 Å². The normalized spacial score (nSPS) is 20.2. The molecule has 0 N–H and O–H groups in total. The van der Waals surface area contributed by atoms with Crippen LogP contribution in [0.3, 0.4) is 0 Å². The number of aryl methyl sites for hydroxylation is 1. The molecule has 3 aliphatic rings. The number of anilines is 1. The predicted molar refractivity (Wildman–Crippen MR) is 127 cm³/mol. The van der Waals surface area contributed by atoms with Crippen molar-refractivity contribution in [1.29, 1.82) is 0 Å². The Morgan fingerprint density at radius 1 is 0.844 bits per heavy atom. The number of benzene rings is 2. The zero-order valence-corrected chi connectivity index (χ0v) is 18.9. The number of rotatable bonds is 6. The molecule has 0 unspecified atom stereocenters. The van der Waals surface area contributed by atoms with Gasteiger partial charge < -0.3 is 9.64 Å². The number of hydrogen-bond acceptors (Lipinski definition) is 4. The summed E-state index contributed by atoms with van der Waals surface area (Å²) in [7, 11) is 0. The smallest absolute Gasteiger partial charge is 0.225 e.